The normalized spacial score (nSPS) is 13.2. The molecule has 11 nitrogen and oxygen atoms in total. The minimum absolute atomic E-state index is 0.0412. The molecule has 1 amide bonds. The van der Waals surface area contributed by atoms with Gasteiger partial charge in [-0.05, 0) is 43.7 Å². The van der Waals surface area contributed by atoms with E-state index in [1.54, 1.807) is 38.1 Å². The standard InChI is InChI=1S/C27H29F3N5O6P/c1-5-40-42(38,41-6-2)15-16-7-9-17(10-8-16)32-26-31-13-20(27(28,29)30)23(34-26)33-21-12-11-18(25(37)39-4)19-14-35(3)24(36)22(19)21/h7-13H,5-6,14-15H2,1-4H3,(H2,31,32,33,34). The second-order valence-electron chi connectivity index (χ2n) is 9.17. The van der Waals surface area contributed by atoms with Crippen molar-refractivity contribution in [3.63, 3.8) is 0 Å². The highest BCUT2D eigenvalue weighted by atomic mass is 31.2. The summed E-state index contributed by atoms with van der Waals surface area (Å²) in [5, 5.41) is 5.48. The van der Waals surface area contributed by atoms with Crippen molar-refractivity contribution in [1.82, 2.24) is 14.9 Å². The third-order valence-electron chi connectivity index (χ3n) is 6.26. The fraction of sp³-hybridized carbons (Fsp3) is 0.333. The van der Waals surface area contributed by atoms with Crippen molar-refractivity contribution in [1.29, 1.82) is 0 Å². The number of rotatable bonds is 11. The molecule has 0 saturated carbocycles. The number of fused-ring (bicyclic) bond motifs is 1. The van der Waals surface area contributed by atoms with E-state index in [0.29, 0.717) is 23.0 Å². The molecular formula is C27H29F3N5O6P. The van der Waals surface area contributed by atoms with E-state index in [9.17, 15) is 27.3 Å². The molecule has 0 spiro atoms. The number of amides is 1. The second kappa shape index (κ2) is 12.5. The zero-order chi connectivity index (χ0) is 30.7. The number of aromatic nitrogens is 2. The number of halogens is 3. The molecule has 0 aliphatic carbocycles. The number of nitrogens with one attached hydrogen (secondary N) is 2. The van der Waals surface area contributed by atoms with Crippen molar-refractivity contribution in [3.05, 3.63) is 70.4 Å². The lowest BCUT2D eigenvalue weighted by molar-refractivity contribution is -0.137. The zero-order valence-corrected chi connectivity index (χ0v) is 24.1. The maximum absolute atomic E-state index is 13.9. The fourth-order valence-electron chi connectivity index (χ4n) is 4.40. The Hall–Kier alpha value is -4.00. The summed E-state index contributed by atoms with van der Waals surface area (Å²) in [5.41, 5.74) is 0.522. The lowest BCUT2D eigenvalue weighted by Gasteiger charge is -2.18. The van der Waals surface area contributed by atoms with Gasteiger partial charge in [-0.2, -0.15) is 18.2 Å². The highest BCUT2D eigenvalue weighted by molar-refractivity contribution is 7.53. The molecule has 2 heterocycles. The lowest BCUT2D eigenvalue weighted by Crippen LogP contribution is -2.18. The topological polar surface area (TPSA) is 132 Å². The lowest BCUT2D eigenvalue weighted by atomic mass is 10.0. The zero-order valence-electron chi connectivity index (χ0n) is 23.2. The number of carbonyl (C=O) groups excluding carboxylic acids is 2. The van der Waals surface area contributed by atoms with Crippen LogP contribution in [0.3, 0.4) is 0 Å². The first-order valence-electron chi connectivity index (χ1n) is 12.8. The van der Waals surface area contributed by atoms with Crippen LogP contribution in [0.15, 0.2) is 42.6 Å². The van der Waals surface area contributed by atoms with Gasteiger partial charge in [-0.3, -0.25) is 9.36 Å². The van der Waals surface area contributed by atoms with E-state index >= 15 is 0 Å². The predicted octanol–water partition coefficient (Wildman–Crippen LogP) is 6.12. The molecule has 4 rings (SSSR count). The number of benzene rings is 2. The van der Waals surface area contributed by atoms with Gasteiger partial charge >= 0.3 is 19.7 Å². The van der Waals surface area contributed by atoms with Gasteiger partial charge in [-0.1, -0.05) is 12.1 Å². The summed E-state index contributed by atoms with van der Waals surface area (Å²) >= 11 is 0. The molecule has 0 atom stereocenters. The first-order chi connectivity index (χ1) is 19.9. The highest BCUT2D eigenvalue weighted by Crippen LogP contribution is 2.51. The molecule has 224 valence electrons. The quantitative estimate of drug-likeness (QED) is 0.194. The van der Waals surface area contributed by atoms with Crippen LogP contribution in [-0.4, -0.2) is 54.1 Å². The van der Waals surface area contributed by atoms with Crippen molar-refractivity contribution in [2.75, 3.05) is 38.0 Å². The Morgan fingerprint density at radius 2 is 1.74 bits per heavy atom. The third-order valence-corrected chi connectivity index (χ3v) is 8.31. The number of hydrogen-bond donors (Lipinski definition) is 2. The molecule has 0 unspecified atom stereocenters. The SMILES string of the molecule is CCOP(=O)(Cc1ccc(Nc2ncc(C(F)(F)F)c(Nc3ccc(C(=O)OC)c4c3C(=O)N(C)C4)n2)cc1)OCC. The molecule has 0 saturated heterocycles. The van der Waals surface area contributed by atoms with Crippen LogP contribution in [0.2, 0.25) is 0 Å². The Kier molecular flexibility index (Phi) is 9.19. The Morgan fingerprint density at radius 3 is 2.33 bits per heavy atom. The molecule has 0 radical (unpaired) electrons. The maximum Gasteiger partial charge on any atom is 0.421 e. The number of anilines is 4. The van der Waals surface area contributed by atoms with Crippen LogP contribution in [0.25, 0.3) is 0 Å². The number of hydrogen-bond acceptors (Lipinski definition) is 10. The van der Waals surface area contributed by atoms with Crippen molar-refractivity contribution >= 4 is 42.6 Å². The van der Waals surface area contributed by atoms with E-state index in [1.165, 1.54) is 31.2 Å². The summed E-state index contributed by atoms with van der Waals surface area (Å²) < 4.78 is 70.0. The molecule has 0 bridgehead atoms. The minimum Gasteiger partial charge on any atom is -0.465 e. The van der Waals surface area contributed by atoms with Crippen molar-refractivity contribution in [2.24, 2.45) is 0 Å². The van der Waals surface area contributed by atoms with Crippen LogP contribution in [0.4, 0.5) is 36.3 Å². The van der Waals surface area contributed by atoms with Crippen molar-refractivity contribution < 1.29 is 41.1 Å². The van der Waals surface area contributed by atoms with Gasteiger partial charge in [0.15, 0.2) is 0 Å². The summed E-state index contributed by atoms with van der Waals surface area (Å²) in [5.74, 6) is -1.90. The predicted molar refractivity (Wildman–Crippen MR) is 148 cm³/mol. The van der Waals surface area contributed by atoms with Crippen molar-refractivity contribution in [3.8, 4) is 0 Å². The summed E-state index contributed by atoms with van der Waals surface area (Å²) in [7, 11) is -0.615. The largest absolute Gasteiger partial charge is 0.465 e. The molecule has 2 N–H and O–H groups in total. The Bertz CT molecular complexity index is 1520. The van der Waals surface area contributed by atoms with Crippen LogP contribution in [0.5, 0.6) is 0 Å². The van der Waals surface area contributed by atoms with Gasteiger partial charge in [0.25, 0.3) is 5.91 Å². The van der Waals surface area contributed by atoms with Crippen LogP contribution >= 0.6 is 7.60 Å². The van der Waals surface area contributed by atoms with Crippen LogP contribution in [0, 0.1) is 0 Å². The molecule has 3 aromatic rings. The van der Waals surface area contributed by atoms with Gasteiger partial charge in [-0.15, -0.1) is 0 Å². The van der Waals surface area contributed by atoms with Crippen LogP contribution in [0.1, 0.15) is 51.3 Å². The number of carbonyl (C=O) groups is 2. The number of methoxy groups -OCH3 is 1. The first-order valence-corrected chi connectivity index (χ1v) is 14.6. The van der Waals surface area contributed by atoms with Gasteiger partial charge in [-0.25, -0.2) is 9.78 Å². The summed E-state index contributed by atoms with van der Waals surface area (Å²) in [6, 6.07) is 9.30. The summed E-state index contributed by atoms with van der Waals surface area (Å²) in [6.07, 6.45) is -4.14. The van der Waals surface area contributed by atoms with E-state index in [2.05, 4.69) is 20.6 Å². The molecule has 1 aliphatic heterocycles. The van der Waals surface area contributed by atoms with Crippen LogP contribution < -0.4 is 10.6 Å². The average Bonchev–Trinajstić information content (AvgIpc) is 3.23. The van der Waals surface area contributed by atoms with Gasteiger partial charge in [0.1, 0.15) is 11.4 Å². The number of nitrogens with zero attached hydrogens (tertiary/aromatic N) is 3. The van der Waals surface area contributed by atoms with E-state index in [1.807, 2.05) is 0 Å². The Labute approximate surface area is 239 Å². The molecule has 1 aliphatic rings. The number of esters is 1. The van der Waals surface area contributed by atoms with Gasteiger partial charge in [0.05, 0.1) is 43.3 Å². The Morgan fingerprint density at radius 1 is 1.07 bits per heavy atom. The van der Waals surface area contributed by atoms with Crippen molar-refractivity contribution in [2.45, 2.75) is 32.7 Å². The molecule has 15 heteroatoms. The smallest absolute Gasteiger partial charge is 0.421 e. The van der Waals surface area contributed by atoms with Crippen LogP contribution in [-0.2, 0) is 37.2 Å². The van der Waals surface area contributed by atoms with Gasteiger partial charge in [0.2, 0.25) is 5.95 Å². The highest BCUT2D eigenvalue weighted by Gasteiger charge is 2.37. The fourth-order valence-corrected chi connectivity index (χ4v) is 6.10. The van der Waals surface area contributed by atoms with E-state index in [0.717, 1.165) is 0 Å². The summed E-state index contributed by atoms with van der Waals surface area (Å²) in [6.45, 7) is 3.96. The number of ether oxygens (including phenoxy) is 1. The van der Waals surface area contributed by atoms with E-state index < -0.39 is 37.0 Å². The average molecular weight is 608 g/mol. The first kappa shape index (κ1) is 30.9. The molecule has 2 aromatic carbocycles. The van der Waals surface area contributed by atoms with E-state index in [4.69, 9.17) is 13.8 Å². The maximum atomic E-state index is 13.9. The van der Waals surface area contributed by atoms with E-state index in [-0.39, 0.29) is 48.7 Å². The van der Waals surface area contributed by atoms with Gasteiger partial charge in [0, 0.05) is 31.0 Å². The second-order valence-corrected chi connectivity index (χ2v) is 11.2. The van der Waals surface area contributed by atoms with Gasteiger partial charge < -0.3 is 29.3 Å². The number of alkyl halides is 3. The molecule has 0 fully saturated rings. The minimum atomic E-state index is -4.81. The molecular weight excluding hydrogens is 578 g/mol. The monoisotopic (exact) mass is 607 g/mol. The molecule has 42 heavy (non-hydrogen) atoms. The summed E-state index contributed by atoms with van der Waals surface area (Å²) in [4.78, 5) is 34.3. The third kappa shape index (κ3) is 6.72. The molecule has 1 aromatic heterocycles. The Balaban J connectivity index is 1.64.